The van der Waals surface area contributed by atoms with Crippen LogP contribution in [0.3, 0.4) is 0 Å². The van der Waals surface area contributed by atoms with Gasteiger partial charge >= 0.3 is 0 Å². The van der Waals surface area contributed by atoms with Crippen LogP contribution in [0.25, 0.3) is 11.1 Å². The summed E-state index contributed by atoms with van der Waals surface area (Å²) in [5, 5.41) is 0. The van der Waals surface area contributed by atoms with Crippen molar-refractivity contribution >= 4 is 20.1 Å². The first-order valence-electron chi connectivity index (χ1n) is 9.77. The van der Waals surface area contributed by atoms with Gasteiger partial charge in [0.15, 0.2) is 0 Å². The lowest BCUT2D eigenvalue weighted by atomic mass is 9.97. The zero-order valence-corrected chi connectivity index (χ0v) is 18.4. The lowest BCUT2D eigenvalue weighted by Gasteiger charge is -2.12. The summed E-state index contributed by atoms with van der Waals surface area (Å²) in [5.74, 6) is -0.0594. The van der Waals surface area contributed by atoms with Crippen LogP contribution in [0.5, 0.6) is 0 Å². The van der Waals surface area contributed by atoms with Gasteiger partial charge in [0, 0.05) is 24.5 Å². The van der Waals surface area contributed by atoms with Crippen molar-refractivity contribution in [3.05, 3.63) is 84.2 Å². The van der Waals surface area contributed by atoms with E-state index in [1.165, 1.54) is 12.1 Å². The van der Waals surface area contributed by atoms with Crippen molar-refractivity contribution in [2.75, 3.05) is 6.54 Å². The van der Waals surface area contributed by atoms with Crippen molar-refractivity contribution in [3.8, 4) is 11.1 Å². The average molecular weight is 461 g/mol. The lowest BCUT2D eigenvalue weighted by Crippen LogP contribution is -2.26. The molecule has 164 valence electrons. The monoisotopic (exact) mass is 460 g/mol. The Kier molecular flexibility index (Phi) is 7.55. The van der Waals surface area contributed by atoms with Gasteiger partial charge in [0.2, 0.25) is 10.0 Å². The third-order valence-electron chi connectivity index (χ3n) is 4.75. The molecule has 0 radical (unpaired) electrons. The minimum Gasteiger partial charge on any atom is -0.282 e. The maximum Gasteiger partial charge on any atom is 0.294 e. The Morgan fingerprint density at radius 2 is 1.68 bits per heavy atom. The van der Waals surface area contributed by atoms with Gasteiger partial charge in [0.05, 0.1) is 10.6 Å². The minimum absolute atomic E-state index is 0.0594. The second-order valence-corrected chi connectivity index (χ2v) is 10.4. The van der Waals surface area contributed by atoms with Crippen molar-refractivity contribution in [1.29, 1.82) is 0 Å². The fourth-order valence-corrected chi connectivity index (χ4v) is 4.93. The molecule has 9 heteroatoms. The van der Waals surface area contributed by atoms with E-state index in [9.17, 15) is 21.4 Å². The van der Waals surface area contributed by atoms with Crippen LogP contribution in [0.1, 0.15) is 24.0 Å². The first kappa shape index (κ1) is 23.1. The number of aromatic nitrogens is 1. The van der Waals surface area contributed by atoms with Crippen molar-refractivity contribution in [1.82, 2.24) is 9.71 Å². The summed E-state index contributed by atoms with van der Waals surface area (Å²) in [6.07, 6.45) is 5.20. The van der Waals surface area contributed by atoms with Gasteiger partial charge in [-0.05, 0) is 54.2 Å². The van der Waals surface area contributed by atoms with Gasteiger partial charge < -0.3 is 0 Å². The molecule has 0 bridgehead atoms. The molecule has 2 N–H and O–H groups in total. The van der Waals surface area contributed by atoms with Crippen molar-refractivity contribution in [3.63, 3.8) is 0 Å². The van der Waals surface area contributed by atoms with Gasteiger partial charge in [0.1, 0.15) is 0 Å². The van der Waals surface area contributed by atoms with E-state index in [4.69, 9.17) is 0 Å². The molecule has 0 aliphatic rings. The normalized spacial score (nSPS) is 12.0. The van der Waals surface area contributed by atoms with Crippen LogP contribution in [-0.2, 0) is 32.3 Å². The number of aryl methyl sites for hydroxylation is 1. The van der Waals surface area contributed by atoms with E-state index in [-0.39, 0.29) is 10.6 Å². The quantitative estimate of drug-likeness (QED) is 0.354. The Morgan fingerprint density at radius 1 is 0.903 bits per heavy atom. The Bertz CT molecular complexity index is 1210. The van der Waals surface area contributed by atoms with Crippen LogP contribution >= 0.6 is 0 Å². The Hall–Kier alpha value is -2.59. The molecule has 7 nitrogen and oxygen atoms in total. The Labute approximate surface area is 183 Å². The predicted octanol–water partition coefficient (Wildman–Crippen LogP) is 3.44. The van der Waals surface area contributed by atoms with Gasteiger partial charge in [-0.2, -0.15) is 8.42 Å². The molecule has 0 saturated carbocycles. The standard InChI is InChI=1S/C22H24N2O5S2/c25-30(26,17-18-7-2-1-3-8-18)24-14-5-4-9-19-11-12-21(31(27,28)29)15-22(19)20-10-6-13-23-16-20/h1-3,6-8,10-13,15-16,24H,4-5,9,14,17H2,(H,27,28,29). The van der Waals surface area contributed by atoms with Gasteiger partial charge in [-0.15, -0.1) is 0 Å². The van der Waals surface area contributed by atoms with E-state index in [0.29, 0.717) is 31.4 Å². The lowest BCUT2D eigenvalue weighted by molar-refractivity contribution is 0.483. The van der Waals surface area contributed by atoms with Gasteiger partial charge in [-0.25, -0.2) is 13.1 Å². The van der Waals surface area contributed by atoms with Crippen LogP contribution < -0.4 is 4.72 Å². The van der Waals surface area contributed by atoms with Crippen LogP contribution in [0, 0.1) is 0 Å². The second kappa shape index (κ2) is 10.1. The number of nitrogens with one attached hydrogen (secondary N) is 1. The first-order chi connectivity index (χ1) is 14.7. The number of benzene rings is 2. The third-order valence-corrected chi connectivity index (χ3v) is 6.95. The van der Waals surface area contributed by atoms with Crippen molar-refractivity contribution < 1.29 is 21.4 Å². The first-order valence-corrected chi connectivity index (χ1v) is 12.9. The number of hydrogen-bond donors (Lipinski definition) is 2. The topological polar surface area (TPSA) is 113 Å². The molecule has 0 amide bonds. The molecule has 0 saturated heterocycles. The summed E-state index contributed by atoms with van der Waals surface area (Å²) in [6.45, 7) is 0.320. The zero-order valence-electron chi connectivity index (χ0n) is 16.8. The SMILES string of the molecule is O=S(=O)(Cc1ccccc1)NCCCCc1ccc(S(=O)(=O)O)cc1-c1cccnc1. The number of nitrogens with zero attached hydrogens (tertiary/aromatic N) is 1. The highest BCUT2D eigenvalue weighted by atomic mass is 32.2. The van der Waals surface area contributed by atoms with Gasteiger partial charge in [0.25, 0.3) is 10.1 Å². The van der Waals surface area contributed by atoms with Crippen molar-refractivity contribution in [2.45, 2.75) is 29.9 Å². The maximum atomic E-state index is 12.2. The molecular formula is C22H24N2O5S2. The molecule has 0 unspecified atom stereocenters. The number of sulfonamides is 1. The van der Waals surface area contributed by atoms with E-state index in [1.807, 2.05) is 12.1 Å². The Morgan fingerprint density at radius 3 is 2.35 bits per heavy atom. The fraction of sp³-hybridized carbons (Fsp3) is 0.227. The van der Waals surface area contributed by atoms with Gasteiger partial charge in [-0.1, -0.05) is 42.5 Å². The maximum absolute atomic E-state index is 12.2. The number of pyridine rings is 1. The van der Waals surface area contributed by atoms with E-state index in [1.54, 1.807) is 48.8 Å². The molecular weight excluding hydrogens is 436 g/mol. The summed E-state index contributed by atoms with van der Waals surface area (Å²) >= 11 is 0. The largest absolute Gasteiger partial charge is 0.294 e. The van der Waals surface area contributed by atoms with Crippen LogP contribution in [0.15, 0.2) is 78.0 Å². The number of rotatable bonds is 10. The molecule has 0 spiro atoms. The molecule has 0 aliphatic carbocycles. The fourth-order valence-electron chi connectivity index (χ4n) is 3.24. The Balaban J connectivity index is 1.61. The molecule has 1 heterocycles. The van der Waals surface area contributed by atoms with Crippen molar-refractivity contribution in [2.24, 2.45) is 0 Å². The minimum atomic E-state index is -4.32. The smallest absolute Gasteiger partial charge is 0.282 e. The molecule has 0 fully saturated rings. The average Bonchev–Trinajstić information content (AvgIpc) is 2.74. The molecule has 3 aromatic rings. The summed E-state index contributed by atoms with van der Waals surface area (Å²) in [4.78, 5) is 3.90. The molecule has 3 rings (SSSR count). The van der Waals surface area contributed by atoms with E-state index in [2.05, 4.69) is 9.71 Å². The van der Waals surface area contributed by atoms with Gasteiger partial charge in [-0.3, -0.25) is 9.54 Å². The molecule has 1 aromatic heterocycles. The number of unbranched alkanes of at least 4 members (excludes halogenated alkanes) is 1. The highest BCUT2D eigenvalue weighted by Crippen LogP contribution is 2.27. The molecule has 2 aromatic carbocycles. The highest BCUT2D eigenvalue weighted by Gasteiger charge is 2.14. The van der Waals surface area contributed by atoms with E-state index in [0.717, 1.165) is 16.7 Å². The second-order valence-electron chi connectivity index (χ2n) is 7.13. The molecule has 0 aliphatic heterocycles. The molecule has 31 heavy (non-hydrogen) atoms. The predicted molar refractivity (Wildman–Crippen MR) is 119 cm³/mol. The van der Waals surface area contributed by atoms with Crippen LogP contribution in [0.4, 0.5) is 0 Å². The zero-order chi connectivity index (χ0) is 22.3. The summed E-state index contributed by atoms with van der Waals surface area (Å²) in [6, 6.07) is 17.0. The van der Waals surface area contributed by atoms with Crippen LogP contribution in [-0.4, -0.2) is 32.9 Å². The third kappa shape index (κ3) is 6.96. The van der Waals surface area contributed by atoms with Crippen LogP contribution in [0.2, 0.25) is 0 Å². The highest BCUT2D eigenvalue weighted by molar-refractivity contribution is 7.88. The number of hydrogen-bond acceptors (Lipinski definition) is 5. The van der Waals surface area contributed by atoms with E-state index < -0.39 is 20.1 Å². The molecule has 0 atom stereocenters. The van der Waals surface area contributed by atoms with E-state index >= 15 is 0 Å². The summed E-state index contributed by atoms with van der Waals surface area (Å²) in [5.41, 5.74) is 3.04. The summed E-state index contributed by atoms with van der Waals surface area (Å²) < 4.78 is 59.5. The summed E-state index contributed by atoms with van der Waals surface area (Å²) in [7, 11) is -7.72.